The molecule has 2 fully saturated rings. The SMILES string of the molecule is C#CC1(c2cnc(N3CCC(Oc4ccc(F)cc4F)CC3)c(-c3ccc(=O)n(C)c3)n2)CC1. The Bertz CT molecular complexity index is 1340. The van der Waals surface area contributed by atoms with Gasteiger partial charge in [0.1, 0.15) is 17.6 Å². The first kappa shape index (κ1) is 22.1. The minimum Gasteiger partial charge on any atom is -0.487 e. The fourth-order valence-corrected chi connectivity index (χ4v) is 4.31. The Morgan fingerprint density at radius 2 is 1.94 bits per heavy atom. The number of aryl methyl sites for hydroxylation is 1. The van der Waals surface area contributed by atoms with E-state index in [0.717, 1.165) is 30.2 Å². The van der Waals surface area contributed by atoms with Gasteiger partial charge in [0.25, 0.3) is 0 Å². The van der Waals surface area contributed by atoms with Crippen molar-refractivity contribution in [3.8, 4) is 29.4 Å². The van der Waals surface area contributed by atoms with Gasteiger partial charge in [-0.2, -0.15) is 0 Å². The van der Waals surface area contributed by atoms with Gasteiger partial charge in [-0.1, -0.05) is 5.92 Å². The predicted molar refractivity (Wildman–Crippen MR) is 125 cm³/mol. The smallest absolute Gasteiger partial charge is 0.250 e. The number of halogens is 2. The van der Waals surface area contributed by atoms with Crippen molar-refractivity contribution in [1.82, 2.24) is 14.5 Å². The Labute approximate surface area is 196 Å². The molecule has 8 heteroatoms. The molecule has 2 aromatic heterocycles. The van der Waals surface area contributed by atoms with Crippen LogP contribution in [0.25, 0.3) is 11.3 Å². The highest BCUT2D eigenvalue weighted by molar-refractivity contribution is 5.72. The minimum absolute atomic E-state index is 0.0545. The molecule has 0 bridgehead atoms. The minimum atomic E-state index is -0.705. The highest BCUT2D eigenvalue weighted by Gasteiger charge is 2.45. The maximum atomic E-state index is 14.0. The Kier molecular flexibility index (Phi) is 5.56. The molecular weight excluding hydrogens is 438 g/mol. The van der Waals surface area contributed by atoms with E-state index in [-0.39, 0.29) is 22.8 Å². The molecule has 0 amide bonds. The second kappa shape index (κ2) is 8.56. The molecule has 0 radical (unpaired) electrons. The first-order valence-corrected chi connectivity index (χ1v) is 11.3. The average Bonchev–Trinajstić information content (AvgIpc) is 3.64. The Morgan fingerprint density at radius 1 is 1.18 bits per heavy atom. The molecule has 0 atom stereocenters. The Morgan fingerprint density at radius 3 is 2.59 bits per heavy atom. The topological polar surface area (TPSA) is 60.3 Å². The van der Waals surface area contributed by atoms with Crippen molar-refractivity contribution in [1.29, 1.82) is 0 Å². The molecule has 1 saturated carbocycles. The number of hydrogen-bond donors (Lipinski definition) is 0. The number of terminal acetylenes is 1. The summed E-state index contributed by atoms with van der Waals surface area (Å²) in [5.41, 5.74) is 1.76. The molecule has 0 spiro atoms. The Hall–Kier alpha value is -3.73. The first-order valence-electron chi connectivity index (χ1n) is 11.3. The lowest BCUT2D eigenvalue weighted by atomic mass is 10.0. The fourth-order valence-electron chi connectivity index (χ4n) is 4.31. The van der Waals surface area contributed by atoms with Crippen LogP contribution in [-0.2, 0) is 12.5 Å². The molecule has 0 N–H and O–H groups in total. The zero-order valence-corrected chi connectivity index (χ0v) is 18.8. The summed E-state index contributed by atoms with van der Waals surface area (Å²) >= 11 is 0. The van der Waals surface area contributed by atoms with Crippen molar-refractivity contribution >= 4 is 5.82 Å². The van der Waals surface area contributed by atoms with Crippen molar-refractivity contribution < 1.29 is 13.5 Å². The number of benzene rings is 1. The van der Waals surface area contributed by atoms with Gasteiger partial charge in [-0.25, -0.2) is 18.7 Å². The summed E-state index contributed by atoms with van der Waals surface area (Å²) in [6.07, 6.45) is 12.1. The number of hydrogen-bond acceptors (Lipinski definition) is 5. The fraction of sp³-hybridized carbons (Fsp3) is 0.346. The maximum absolute atomic E-state index is 14.0. The van der Waals surface area contributed by atoms with Crippen LogP contribution >= 0.6 is 0 Å². The summed E-state index contributed by atoms with van der Waals surface area (Å²) in [7, 11) is 1.70. The van der Waals surface area contributed by atoms with Crippen LogP contribution in [0.3, 0.4) is 0 Å². The summed E-state index contributed by atoms with van der Waals surface area (Å²) < 4.78 is 34.5. The molecular formula is C26H24F2N4O2. The number of nitrogens with zero attached hydrogens (tertiary/aromatic N) is 4. The number of rotatable bonds is 5. The molecule has 1 aromatic carbocycles. The normalized spacial score (nSPS) is 17.3. The van der Waals surface area contributed by atoms with E-state index in [0.29, 0.717) is 37.4 Å². The van der Waals surface area contributed by atoms with Crippen molar-refractivity contribution in [3.05, 3.63) is 70.4 Å². The second-order valence-electron chi connectivity index (χ2n) is 8.90. The number of aromatic nitrogens is 3. The van der Waals surface area contributed by atoms with E-state index >= 15 is 0 Å². The summed E-state index contributed by atoms with van der Waals surface area (Å²) in [5.74, 6) is 2.29. The number of pyridine rings is 1. The zero-order valence-electron chi connectivity index (χ0n) is 18.8. The lowest BCUT2D eigenvalue weighted by molar-refractivity contribution is 0.163. The third-order valence-electron chi connectivity index (χ3n) is 6.56. The molecule has 1 saturated heterocycles. The van der Waals surface area contributed by atoms with E-state index in [4.69, 9.17) is 21.1 Å². The third-order valence-corrected chi connectivity index (χ3v) is 6.56. The molecule has 174 valence electrons. The van der Waals surface area contributed by atoms with Crippen molar-refractivity contribution in [2.24, 2.45) is 7.05 Å². The summed E-state index contributed by atoms with van der Waals surface area (Å²) in [6, 6.07) is 6.59. The van der Waals surface area contributed by atoms with Gasteiger partial charge in [0, 0.05) is 56.9 Å². The molecule has 5 rings (SSSR count). The van der Waals surface area contributed by atoms with Crippen LogP contribution in [0.2, 0.25) is 0 Å². The lowest BCUT2D eigenvalue weighted by Gasteiger charge is -2.34. The molecule has 6 nitrogen and oxygen atoms in total. The van der Waals surface area contributed by atoms with Crippen LogP contribution in [0.5, 0.6) is 5.75 Å². The van der Waals surface area contributed by atoms with E-state index in [2.05, 4.69) is 10.8 Å². The predicted octanol–water partition coefficient (Wildman–Crippen LogP) is 3.83. The highest BCUT2D eigenvalue weighted by Crippen LogP contribution is 2.47. The summed E-state index contributed by atoms with van der Waals surface area (Å²) in [5, 5.41) is 0. The molecule has 3 aromatic rings. The zero-order chi connectivity index (χ0) is 23.9. The van der Waals surface area contributed by atoms with Crippen LogP contribution in [-0.4, -0.2) is 33.7 Å². The monoisotopic (exact) mass is 462 g/mol. The van der Waals surface area contributed by atoms with Crippen LogP contribution in [0, 0.1) is 24.0 Å². The molecule has 2 aliphatic rings. The van der Waals surface area contributed by atoms with Gasteiger partial charge in [-0.05, 0) is 31.0 Å². The van der Waals surface area contributed by atoms with Gasteiger partial charge in [-0.3, -0.25) is 4.79 Å². The second-order valence-corrected chi connectivity index (χ2v) is 8.90. The van der Waals surface area contributed by atoms with E-state index in [1.807, 2.05) is 0 Å². The number of piperidine rings is 1. The van der Waals surface area contributed by atoms with Gasteiger partial charge in [0.2, 0.25) is 5.56 Å². The first-order chi connectivity index (χ1) is 16.4. The van der Waals surface area contributed by atoms with E-state index < -0.39 is 11.6 Å². The number of anilines is 1. The lowest BCUT2D eigenvalue weighted by Crippen LogP contribution is -2.39. The van der Waals surface area contributed by atoms with Gasteiger partial charge < -0.3 is 14.2 Å². The average molecular weight is 463 g/mol. The highest BCUT2D eigenvalue weighted by atomic mass is 19.1. The van der Waals surface area contributed by atoms with Crippen LogP contribution < -0.4 is 15.2 Å². The van der Waals surface area contributed by atoms with E-state index in [9.17, 15) is 13.6 Å². The van der Waals surface area contributed by atoms with E-state index in [1.165, 1.54) is 22.8 Å². The maximum Gasteiger partial charge on any atom is 0.250 e. The van der Waals surface area contributed by atoms with Crippen LogP contribution in [0.15, 0.2) is 47.5 Å². The molecule has 1 aliphatic heterocycles. The van der Waals surface area contributed by atoms with E-state index in [1.54, 1.807) is 25.5 Å². The largest absolute Gasteiger partial charge is 0.487 e. The standard InChI is InChI=1S/C26H24F2N4O2/c1-3-26(10-11-26)22-15-29-25(24(30-22)17-4-7-23(33)31(2)16-17)32-12-8-19(9-13-32)34-21-6-5-18(27)14-20(21)28/h1,4-7,14-16,19H,8-13H2,2H3. The van der Waals surface area contributed by atoms with Gasteiger partial charge >= 0.3 is 0 Å². The van der Waals surface area contributed by atoms with Crippen molar-refractivity contribution in [3.63, 3.8) is 0 Å². The molecule has 34 heavy (non-hydrogen) atoms. The van der Waals surface area contributed by atoms with Crippen LogP contribution in [0.4, 0.5) is 14.6 Å². The Balaban J connectivity index is 1.40. The van der Waals surface area contributed by atoms with Crippen molar-refractivity contribution in [2.45, 2.75) is 37.2 Å². The summed E-state index contributed by atoms with van der Waals surface area (Å²) in [6.45, 7) is 1.25. The third kappa shape index (κ3) is 4.14. The van der Waals surface area contributed by atoms with Gasteiger partial charge in [0.15, 0.2) is 17.4 Å². The molecule has 0 unspecified atom stereocenters. The molecule has 3 heterocycles. The van der Waals surface area contributed by atoms with Crippen LogP contribution in [0.1, 0.15) is 31.4 Å². The van der Waals surface area contributed by atoms with Gasteiger partial charge in [0.05, 0.1) is 17.3 Å². The van der Waals surface area contributed by atoms with Gasteiger partial charge in [-0.15, -0.1) is 6.42 Å². The summed E-state index contributed by atoms with van der Waals surface area (Å²) in [4.78, 5) is 23.7. The quantitative estimate of drug-likeness (QED) is 0.540. The van der Waals surface area contributed by atoms with Crippen molar-refractivity contribution in [2.75, 3.05) is 18.0 Å². The molecule has 1 aliphatic carbocycles. The number of ether oxygens (including phenoxy) is 1.